The van der Waals surface area contributed by atoms with E-state index in [-0.39, 0.29) is 12.0 Å². The summed E-state index contributed by atoms with van der Waals surface area (Å²) < 4.78 is 7.61. The molecule has 1 aromatic heterocycles. The third-order valence-corrected chi connectivity index (χ3v) is 5.92. The molecular formula is C20H32N4O3. The first-order valence-corrected chi connectivity index (χ1v) is 10.3. The number of ether oxygens (including phenoxy) is 1. The average molecular weight is 377 g/mol. The standard InChI is InChI=1S/C20H32N4O3/c1-4-6-7-8-11-23-15-20(27-19(23)26)9-12-22(13-10-20)18(25)17-14-21-24(5-2)16(17)3/h14H,4-13,15H2,1-3H3. The van der Waals surface area contributed by atoms with E-state index in [1.54, 1.807) is 6.20 Å². The molecule has 27 heavy (non-hydrogen) atoms. The quantitative estimate of drug-likeness (QED) is 0.685. The van der Waals surface area contributed by atoms with Crippen LogP contribution >= 0.6 is 0 Å². The lowest BCUT2D eigenvalue weighted by Gasteiger charge is -2.37. The Bertz CT molecular complexity index is 677. The van der Waals surface area contributed by atoms with Crippen molar-refractivity contribution in [1.29, 1.82) is 0 Å². The molecule has 0 radical (unpaired) electrons. The molecule has 2 amide bonds. The van der Waals surface area contributed by atoms with Crippen molar-refractivity contribution in [2.24, 2.45) is 0 Å². The van der Waals surface area contributed by atoms with Crippen LogP contribution in [0.25, 0.3) is 0 Å². The number of hydrogen-bond acceptors (Lipinski definition) is 4. The lowest BCUT2D eigenvalue weighted by molar-refractivity contribution is 0.00311. The summed E-state index contributed by atoms with van der Waals surface area (Å²) >= 11 is 0. The summed E-state index contributed by atoms with van der Waals surface area (Å²) in [5.74, 6) is 0.0304. The SMILES string of the molecule is CCCCCCN1CC2(CCN(C(=O)c3cnn(CC)c3C)CC2)OC1=O. The van der Waals surface area contributed by atoms with Crippen LogP contribution < -0.4 is 0 Å². The van der Waals surface area contributed by atoms with Gasteiger partial charge in [0, 0.05) is 44.7 Å². The van der Waals surface area contributed by atoms with Gasteiger partial charge in [-0.1, -0.05) is 26.2 Å². The molecule has 7 nitrogen and oxygen atoms in total. The minimum absolute atomic E-state index is 0.0304. The molecule has 3 heterocycles. The fourth-order valence-corrected chi connectivity index (χ4v) is 4.12. The molecular weight excluding hydrogens is 344 g/mol. The molecule has 2 aliphatic rings. The molecule has 0 atom stereocenters. The Morgan fingerprint density at radius 3 is 2.59 bits per heavy atom. The van der Waals surface area contributed by atoms with E-state index in [4.69, 9.17) is 4.74 Å². The maximum atomic E-state index is 12.8. The first-order chi connectivity index (χ1) is 13.0. The van der Waals surface area contributed by atoms with Gasteiger partial charge in [-0.05, 0) is 20.3 Å². The van der Waals surface area contributed by atoms with E-state index in [2.05, 4.69) is 12.0 Å². The minimum atomic E-state index is -0.415. The molecule has 7 heteroatoms. The largest absolute Gasteiger partial charge is 0.441 e. The molecule has 0 unspecified atom stereocenters. The number of aryl methyl sites for hydroxylation is 1. The van der Waals surface area contributed by atoms with Gasteiger partial charge in [-0.2, -0.15) is 5.10 Å². The van der Waals surface area contributed by atoms with Gasteiger partial charge in [-0.25, -0.2) is 4.79 Å². The van der Waals surface area contributed by atoms with Crippen LogP contribution in [0.5, 0.6) is 0 Å². The number of amides is 2. The summed E-state index contributed by atoms with van der Waals surface area (Å²) in [5.41, 5.74) is 1.17. The van der Waals surface area contributed by atoms with E-state index in [9.17, 15) is 9.59 Å². The van der Waals surface area contributed by atoms with Crippen LogP contribution in [-0.2, 0) is 11.3 Å². The summed E-state index contributed by atoms with van der Waals surface area (Å²) in [6.45, 7) is 9.56. The Labute approximate surface area is 161 Å². The third-order valence-electron chi connectivity index (χ3n) is 5.92. The fourth-order valence-electron chi connectivity index (χ4n) is 4.12. The van der Waals surface area contributed by atoms with Gasteiger partial charge in [0.1, 0.15) is 5.60 Å². The molecule has 0 N–H and O–H groups in total. The van der Waals surface area contributed by atoms with Crippen molar-refractivity contribution in [2.45, 2.75) is 71.4 Å². The fraction of sp³-hybridized carbons (Fsp3) is 0.750. The van der Waals surface area contributed by atoms with Gasteiger partial charge in [0.05, 0.1) is 18.3 Å². The number of hydrogen-bond donors (Lipinski definition) is 0. The van der Waals surface area contributed by atoms with Crippen molar-refractivity contribution in [3.8, 4) is 0 Å². The van der Waals surface area contributed by atoms with Crippen molar-refractivity contribution < 1.29 is 14.3 Å². The maximum absolute atomic E-state index is 12.8. The van der Waals surface area contributed by atoms with Crippen LogP contribution in [0, 0.1) is 6.92 Å². The normalized spacial score (nSPS) is 19.0. The van der Waals surface area contributed by atoms with Gasteiger partial charge in [0.15, 0.2) is 0 Å². The van der Waals surface area contributed by atoms with Crippen LogP contribution in [0.15, 0.2) is 6.20 Å². The van der Waals surface area contributed by atoms with Crippen LogP contribution in [0.1, 0.15) is 68.4 Å². The van der Waals surface area contributed by atoms with E-state index in [0.29, 0.717) is 38.0 Å². The Balaban J connectivity index is 1.54. The number of carbonyl (C=O) groups is 2. The molecule has 1 spiro atoms. The molecule has 2 aliphatic heterocycles. The van der Waals surface area contributed by atoms with Crippen LogP contribution in [-0.4, -0.2) is 63.4 Å². The Morgan fingerprint density at radius 2 is 1.96 bits per heavy atom. The minimum Gasteiger partial charge on any atom is -0.441 e. The maximum Gasteiger partial charge on any atom is 0.410 e. The number of likely N-dealkylation sites (tertiary alicyclic amines) is 1. The Morgan fingerprint density at radius 1 is 1.22 bits per heavy atom. The molecule has 0 saturated carbocycles. The number of piperidine rings is 1. The summed E-state index contributed by atoms with van der Waals surface area (Å²) in [7, 11) is 0. The highest BCUT2D eigenvalue weighted by molar-refractivity contribution is 5.95. The number of aromatic nitrogens is 2. The highest BCUT2D eigenvalue weighted by Crippen LogP contribution is 2.34. The van der Waals surface area contributed by atoms with E-state index in [1.807, 2.05) is 28.3 Å². The lowest BCUT2D eigenvalue weighted by atomic mass is 9.91. The summed E-state index contributed by atoms with van der Waals surface area (Å²) in [6.07, 6.45) is 7.47. The van der Waals surface area contributed by atoms with Crippen molar-refractivity contribution in [2.75, 3.05) is 26.2 Å². The average Bonchev–Trinajstić information content (AvgIpc) is 3.18. The number of nitrogens with zero attached hydrogens (tertiary/aromatic N) is 4. The second-order valence-corrected chi connectivity index (χ2v) is 7.78. The molecule has 1 aromatic rings. The number of carbonyl (C=O) groups excluding carboxylic acids is 2. The number of unbranched alkanes of at least 4 members (excludes halogenated alkanes) is 3. The Hall–Kier alpha value is -2.05. The zero-order valence-corrected chi connectivity index (χ0v) is 16.9. The first-order valence-electron chi connectivity index (χ1n) is 10.3. The topological polar surface area (TPSA) is 67.7 Å². The third kappa shape index (κ3) is 4.12. The highest BCUT2D eigenvalue weighted by atomic mass is 16.6. The number of rotatable bonds is 7. The van der Waals surface area contributed by atoms with Gasteiger partial charge in [-0.15, -0.1) is 0 Å². The zero-order chi connectivity index (χ0) is 19.4. The zero-order valence-electron chi connectivity index (χ0n) is 16.9. The van der Waals surface area contributed by atoms with E-state index in [0.717, 1.165) is 31.6 Å². The monoisotopic (exact) mass is 376 g/mol. The van der Waals surface area contributed by atoms with Crippen molar-refractivity contribution >= 4 is 12.0 Å². The molecule has 0 aliphatic carbocycles. The predicted octanol–water partition coefficient (Wildman–Crippen LogP) is 3.22. The Kier molecular flexibility index (Phi) is 6.07. The van der Waals surface area contributed by atoms with Crippen LogP contribution in [0.4, 0.5) is 4.79 Å². The van der Waals surface area contributed by atoms with Crippen LogP contribution in [0.2, 0.25) is 0 Å². The summed E-state index contributed by atoms with van der Waals surface area (Å²) in [6, 6.07) is 0. The second-order valence-electron chi connectivity index (χ2n) is 7.78. The molecule has 150 valence electrons. The predicted molar refractivity (Wildman–Crippen MR) is 103 cm³/mol. The molecule has 0 aromatic carbocycles. The van der Waals surface area contributed by atoms with Gasteiger partial charge < -0.3 is 14.5 Å². The van der Waals surface area contributed by atoms with Crippen molar-refractivity contribution in [3.05, 3.63) is 17.5 Å². The van der Waals surface area contributed by atoms with Gasteiger partial charge >= 0.3 is 6.09 Å². The summed E-state index contributed by atoms with van der Waals surface area (Å²) in [5, 5.41) is 4.28. The molecule has 3 rings (SSSR count). The summed E-state index contributed by atoms with van der Waals surface area (Å²) in [4.78, 5) is 28.8. The second kappa shape index (κ2) is 8.31. The van der Waals surface area contributed by atoms with E-state index in [1.165, 1.54) is 12.8 Å². The van der Waals surface area contributed by atoms with Gasteiger partial charge in [0.25, 0.3) is 5.91 Å². The van der Waals surface area contributed by atoms with Gasteiger partial charge in [0.2, 0.25) is 0 Å². The van der Waals surface area contributed by atoms with E-state index < -0.39 is 5.60 Å². The van der Waals surface area contributed by atoms with Gasteiger partial charge in [-0.3, -0.25) is 9.48 Å². The first kappa shape index (κ1) is 19.7. The molecule has 2 fully saturated rings. The van der Waals surface area contributed by atoms with Crippen LogP contribution in [0.3, 0.4) is 0 Å². The lowest BCUT2D eigenvalue weighted by Crippen LogP contribution is -2.48. The van der Waals surface area contributed by atoms with E-state index >= 15 is 0 Å². The van der Waals surface area contributed by atoms with Crippen molar-refractivity contribution in [1.82, 2.24) is 19.6 Å². The smallest absolute Gasteiger partial charge is 0.410 e. The highest BCUT2D eigenvalue weighted by Gasteiger charge is 2.47. The van der Waals surface area contributed by atoms with Crippen molar-refractivity contribution in [3.63, 3.8) is 0 Å². The molecule has 2 saturated heterocycles. The molecule has 0 bridgehead atoms.